The highest BCUT2D eigenvalue weighted by molar-refractivity contribution is 7.45. The van der Waals surface area contributed by atoms with E-state index in [9.17, 15) is 19.0 Å². The van der Waals surface area contributed by atoms with Crippen LogP contribution in [0.15, 0.2) is 134 Å². The predicted molar refractivity (Wildman–Crippen MR) is 424 cm³/mol. The minimum Gasteiger partial charge on any atom is -0.756 e. The molecule has 0 aliphatic heterocycles. The van der Waals surface area contributed by atoms with Crippen LogP contribution in [0, 0.1) is 0 Å². The van der Waals surface area contributed by atoms with E-state index in [1.807, 2.05) is 21.1 Å². The Morgan fingerprint density at radius 2 is 0.582 bits per heavy atom. The highest BCUT2D eigenvalue weighted by atomic mass is 31.2. The normalized spacial score (nSPS) is 13.7. The Balaban J connectivity index is 4.01. The van der Waals surface area contributed by atoms with Gasteiger partial charge in [-0.25, -0.2) is 0 Å². The summed E-state index contributed by atoms with van der Waals surface area (Å²) in [5.41, 5.74) is 0. The molecule has 0 saturated heterocycles. The van der Waals surface area contributed by atoms with Crippen molar-refractivity contribution < 1.29 is 42.1 Å². The lowest BCUT2D eigenvalue weighted by atomic mass is 10.0. The number of carbonyl (C=O) groups is 2. The monoisotopic (exact) mass is 1380 g/mol. The summed E-state index contributed by atoms with van der Waals surface area (Å²) in [5, 5.41) is 0. The van der Waals surface area contributed by atoms with E-state index in [1.54, 1.807) is 0 Å². The second kappa shape index (κ2) is 77.3. The van der Waals surface area contributed by atoms with Gasteiger partial charge in [0.2, 0.25) is 0 Å². The zero-order chi connectivity index (χ0) is 71.1. The Morgan fingerprint density at radius 1 is 0.327 bits per heavy atom. The van der Waals surface area contributed by atoms with Crippen LogP contribution >= 0.6 is 7.82 Å². The van der Waals surface area contributed by atoms with E-state index < -0.39 is 32.5 Å². The molecule has 98 heavy (non-hydrogen) atoms. The van der Waals surface area contributed by atoms with Crippen molar-refractivity contribution in [3.8, 4) is 0 Å². The van der Waals surface area contributed by atoms with Gasteiger partial charge in [-0.2, -0.15) is 0 Å². The molecule has 564 valence electrons. The Hall–Kier alpha value is -3.85. The van der Waals surface area contributed by atoms with Gasteiger partial charge in [-0.05, 0) is 116 Å². The maximum Gasteiger partial charge on any atom is 0.306 e. The standard InChI is InChI=1S/C88H154NO8P/c1-6-8-10-12-14-16-18-20-22-24-26-28-30-32-34-36-38-40-41-42-43-44-45-46-47-49-50-52-54-56-58-60-62-64-66-68-70-72-74-76-78-80-87(90)94-84-86(85-96-98(92,93)95-83-82-89(3,4)5)97-88(91)81-79-77-75-73-71-69-67-65-63-61-59-57-55-53-51-48-39-37-35-33-31-29-27-25-23-21-19-17-15-13-11-9-7-2/h9,11,15,17,21,23-24,26-27,29,33,35,39,48,53,55,59,61,65,67,71,73,86H,6-8,10,12-14,16,18-20,22,25,28,30-32,34,36-38,40-47,49-52,54,56-58,60,62-64,66,68-70,72,74-85H2,1-5H3/b11-9-,17-15-,23-21-,26-24-,29-27-,35-33-,48-39-,55-53-,61-59-,67-65-,73-71-. The number of quaternary nitrogens is 1. The lowest BCUT2D eigenvalue weighted by Crippen LogP contribution is -2.37. The van der Waals surface area contributed by atoms with Crippen LogP contribution in [0.2, 0.25) is 0 Å². The second-order valence-corrected chi connectivity index (χ2v) is 29.8. The van der Waals surface area contributed by atoms with Crippen molar-refractivity contribution in [2.75, 3.05) is 47.5 Å². The molecule has 0 aromatic carbocycles. The Kier molecular flexibility index (Phi) is 74.3. The van der Waals surface area contributed by atoms with Gasteiger partial charge in [-0.15, -0.1) is 0 Å². The molecule has 0 fully saturated rings. The van der Waals surface area contributed by atoms with E-state index in [1.165, 1.54) is 231 Å². The number of hydrogen-bond acceptors (Lipinski definition) is 8. The van der Waals surface area contributed by atoms with Crippen LogP contribution in [0.3, 0.4) is 0 Å². The molecule has 0 N–H and O–H groups in total. The molecule has 0 bridgehead atoms. The first-order valence-electron chi connectivity index (χ1n) is 40.9. The van der Waals surface area contributed by atoms with Gasteiger partial charge in [0, 0.05) is 12.8 Å². The Labute approximate surface area is 606 Å². The number of unbranched alkanes of at least 4 members (excludes halogenated alkanes) is 39. The first-order valence-corrected chi connectivity index (χ1v) is 42.4. The van der Waals surface area contributed by atoms with E-state index in [2.05, 4.69) is 148 Å². The van der Waals surface area contributed by atoms with Crippen molar-refractivity contribution >= 4 is 19.8 Å². The number of nitrogens with zero attached hydrogens (tertiary/aromatic N) is 1. The van der Waals surface area contributed by atoms with Gasteiger partial charge in [0.25, 0.3) is 7.82 Å². The molecule has 0 aliphatic rings. The maximum atomic E-state index is 12.9. The van der Waals surface area contributed by atoms with Gasteiger partial charge in [-0.1, -0.05) is 366 Å². The van der Waals surface area contributed by atoms with Crippen molar-refractivity contribution in [3.05, 3.63) is 134 Å². The summed E-state index contributed by atoms with van der Waals surface area (Å²) in [4.78, 5) is 38.1. The van der Waals surface area contributed by atoms with Gasteiger partial charge in [0.1, 0.15) is 19.8 Å². The van der Waals surface area contributed by atoms with Crippen LogP contribution in [-0.2, 0) is 32.7 Å². The van der Waals surface area contributed by atoms with Gasteiger partial charge >= 0.3 is 11.9 Å². The number of allylic oxidation sites excluding steroid dienone is 22. The fraction of sp³-hybridized carbons (Fsp3) is 0.727. The van der Waals surface area contributed by atoms with Crippen LogP contribution in [0.5, 0.6) is 0 Å². The lowest BCUT2D eigenvalue weighted by molar-refractivity contribution is -0.870. The highest BCUT2D eigenvalue weighted by Gasteiger charge is 2.22. The van der Waals surface area contributed by atoms with Gasteiger partial charge in [0.05, 0.1) is 27.7 Å². The molecule has 0 saturated carbocycles. The van der Waals surface area contributed by atoms with Crippen LogP contribution in [-0.4, -0.2) is 70.0 Å². The molecule has 9 nitrogen and oxygen atoms in total. The molecule has 0 aliphatic carbocycles. The quantitative estimate of drug-likeness (QED) is 0.0195. The summed E-state index contributed by atoms with van der Waals surface area (Å²) < 4.78 is 34.3. The molecule has 2 atom stereocenters. The summed E-state index contributed by atoms with van der Waals surface area (Å²) in [6, 6.07) is 0. The van der Waals surface area contributed by atoms with Crippen molar-refractivity contribution in [2.45, 2.75) is 367 Å². The van der Waals surface area contributed by atoms with E-state index >= 15 is 0 Å². The number of ether oxygens (including phenoxy) is 2. The summed E-state index contributed by atoms with van der Waals surface area (Å²) in [7, 11) is 1.13. The van der Waals surface area contributed by atoms with Gasteiger partial charge in [-0.3, -0.25) is 14.2 Å². The van der Waals surface area contributed by atoms with Crippen molar-refractivity contribution in [3.63, 3.8) is 0 Å². The van der Waals surface area contributed by atoms with Gasteiger partial charge in [0.15, 0.2) is 6.10 Å². The SMILES string of the molecule is CC/C=C\C/C=C\C/C=C\C/C=C\C/C=C\C/C=C\C/C=C\C/C=C\C/C=C\C/C=C\CCCCC(=O)OC(COC(=O)CCCCCCCCCCCCCCCCCCCCCCCCCCCCCCC/C=C\CCCCCCCCCC)COP(=O)([O-])OCC[N+](C)(C)C. The van der Waals surface area contributed by atoms with Crippen LogP contribution < -0.4 is 4.89 Å². The molecule has 10 heteroatoms. The van der Waals surface area contributed by atoms with Gasteiger partial charge < -0.3 is 27.9 Å². The molecular formula is C88H154NO8P. The first-order chi connectivity index (χ1) is 48.0. The molecule has 0 radical (unpaired) electrons. The molecule has 0 heterocycles. The van der Waals surface area contributed by atoms with E-state index in [0.717, 1.165) is 96.3 Å². The van der Waals surface area contributed by atoms with Crippen LogP contribution in [0.25, 0.3) is 0 Å². The summed E-state index contributed by atoms with van der Waals surface area (Å²) in [5.74, 6) is -0.880. The third-order valence-electron chi connectivity index (χ3n) is 17.7. The maximum absolute atomic E-state index is 12.9. The number of phosphoric ester groups is 1. The highest BCUT2D eigenvalue weighted by Crippen LogP contribution is 2.38. The molecule has 2 unspecified atom stereocenters. The van der Waals surface area contributed by atoms with Crippen molar-refractivity contribution in [1.29, 1.82) is 0 Å². The zero-order valence-electron chi connectivity index (χ0n) is 64.5. The molecule has 0 spiro atoms. The number of phosphoric acid groups is 1. The number of likely N-dealkylation sites (N-methyl/N-ethyl adjacent to an activating group) is 1. The first kappa shape index (κ1) is 94.2. The number of hydrogen-bond donors (Lipinski definition) is 0. The fourth-order valence-corrected chi connectivity index (χ4v) is 12.2. The van der Waals surface area contributed by atoms with Crippen LogP contribution in [0.4, 0.5) is 0 Å². The molecule has 0 aromatic heterocycles. The fourth-order valence-electron chi connectivity index (χ4n) is 11.4. The smallest absolute Gasteiger partial charge is 0.306 e. The van der Waals surface area contributed by atoms with Crippen molar-refractivity contribution in [1.82, 2.24) is 0 Å². The van der Waals surface area contributed by atoms with Crippen molar-refractivity contribution in [2.24, 2.45) is 0 Å². The minimum absolute atomic E-state index is 0.0449. The molecule has 0 amide bonds. The third-order valence-corrected chi connectivity index (χ3v) is 18.6. The molecular weight excluding hydrogens is 1230 g/mol. The molecule has 0 aromatic rings. The Bertz CT molecular complexity index is 2120. The van der Waals surface area contributed by atoms with E-state index in [-0.39, 0.29) is 26.1 Å². The summed E-state index contributed by atoms with van der Waals surface area (Å²) in [6.07, 6.45) is 113. The number of esters is 2. The lowest BCUT2D eigenvalue weighted by Gasteiger charge is -2.28. The molecule has 0 rings (SSSR count). The second-order valence-electron chi connectivity index (χ2n) is 28.4. The number of rotatable bonds is 75. The van der Waals surface area contributed by atoms with E-state index in [0.29, 0.717) is 17.4 Å². The van der Waals surface area contributed by atoms with Crippen LogP contribution in [0.1, 0.15) is 361 Å². The third kappa shape index (κ3) is 81.1. The minimum atomic E-state index is -4.67. The topological polar surface area (TPSA) is 111 Å². The zero-order valence-corrected chi connectivity index (χ0v) is 65.3. The largest absolute Gasteiger partial charge is 0.756 e. The summed E-state index contributed by atoms with van der Waals surface area (Å²) in [6.45, 7) is 4.10. The average molecular weight is 1390 g/mol. The number of carbonyl (C=O) groups excluding carboxylic acids is 2. The van der Waals surface area contributed by atoms with E-state index in [4.69, 9.17) is 18.5 Å². The average Bonchev–Trinajstić information content (AvgIpc) is 1.08. The predicted octanol–water partition coefficient (Wildman–Crippen LogP) is 26.9. The Morgan fingerprint density at radius 3 is 0.898 bits per heavy atom. The summed E-state index contributed by atoms with van der Waals surface area (Å²) >= 11 is 0.